The van der Waals surface area contributed by atoms with Crippen molar-refractivity contribution in [3.63, 3.8) is 0 Å². The molecule has 0 unspecified atom stereocenters. The number of rotatable bonds is 5. The number of nitrogens with zero attached hydrogens (tertiary/aromatic N) is 3. The van der Waals surface area contributed by atoms with E-state index in [1.54, 1.807) is 24.3 Å². The smallest absolute Gasteiger partial charge is 0.186 e. The number of nitrogens with one attached hydrogen (secondary N) is 1. The van der Waals surface area contributed by atoms with Gasteiger partial charge >= 0.3 is 0 Å². The quantitative estimate of drug-likeness (QED) is 0.586. The number of hydrogen-bond donors (Lipinski definition) is 4. The summed E-state index contributed by atoms with van der Waals surface area (Å²) in [6.07, 6.45) is 0. The standard InChI is InChI=1S/C13H14N4O3/c14-5-11-12(15-13(6-18,7-19)8-20)9-3-1-2-4-10(9)16-17-11/h1-4,18-20H,6-8H2,(H,15,16). The van der Waals surface area contributed by atoms with Crippen LogP contribution in [0.2, 0.25) is 0 Å². The molecule has 1 aromatic carbocycles. The van der Waals surface area contributed by atoms with Gasteiger partial charge in [0.15, 0.2) is 5.69 Å². The summed E-state index contributed by atoms with van der Waals surface area (Å²) in [6.45, 7) is -1.50. The maximum atomic E-state index is 9.37. The Hall–Kier alpha value is -2.27. The molecule has 0 radical (unpaired) electrons. The largest absolute Gasteiger partial charge is 0.394 e. The highest BCUT2D eigenvalue weighted by atomic mass is 16.3. The summed E-state index contributed by atoms with van der Waals surface area (Å²) in [6, 6.07) is 8.93. The van der Waals surface area contributed by atoms with Crippen LogP contribution in [0.15, 0.2) is 24.3 Å². The normalized spacial score (nSPS) is 11.3. The van der Waals surface area contributed by atoms with Crippen LogP contribution in [-0.2, 0) is 0 Å². The third kappa shape index (κ3) is 2.40. The summed E-state index contributed by atoms with van der Waals surface area (Å²) >= 11 is 0. The van der Waals surface area contributed by atoms with Crippen molar-refractivity contribution in [2.75, 3.05) is 25.1 Å². The van der Waals surface area contributed by atoms with E-state index in [9.17, 15) is 15.3 Å². The molecule has 104 valence electrons. The molecule has 20 heavy (non-hydrogen) atoms. The molecule has 7 nitrogen and oxygen atoms in total. The summed E-state index contributed by atoms with van der Waals surface area (Å²) < 4.78 is 0. The van der Waals surface area contributed by atoms with Crippen molar-refractivity contribution in [3.8, 4) is 6.07 Å². The Labute approximate surface area is 115 Å². The van der Waals surface area contributed by atoms with E-state index in [2.05, 4.69) is 15.5 Å². The molecule has 0 atom stereocenters. The topological polar surface area (TPSA) is 122 Å². The van der Waals surface area contributed by atoms with E-state index in [0.29, 0.717) is 16.6 Å². The van der Waals surface area contributed by atoms with Crippen molar-refractivity contribution in [2.45, 2.75) is 5.54 Å². The fourth-order valence-electron chi connectivity index (χ4n) is 1.79. The van der Waals surface area contributed by atoms with Gasteiger partial charge in [0.2, 0.25) is 0 Å². The minimum absolute atomic E-state index is 0.0309. The molecule has 0 fully saturated rings. The Kier molecular flexibility index (Phi) is 4.10. The highest BCUT2D eigenvalue weighted by Crippen LogP contribution is 2.26. The van der Waals surface area contributed by atoms with Crippen LogP contribution in [0.3, 0.4) is 0 Å². The molecule has 1 heterocycles. The van der Waals surface area contributed by atoms with Gasteiger partial charge in [0, 0.05) is 5.39 Å². The predicted octanol–water partition coefficient (Wildman–Crippen LogP) is -0.371. The van der Waals surface area contributed by atoms with Crippen LogP contribution >= 0.6 is 0 Å². The van der Waals surface area contributed by atoms with Gasteiger partial charge in [-0.2, -0.15) is 5.26 Å². The van der Waals surface area contributed by atoms with Gasteiger partial charge in [0.25, 0.3) is 0 Å². The summed E-state index contributed by atoms with van der Waals surface area (Å²) in [5, 5.41) is 48.4. The molecule has 4 N–H and O–H groups in total. The molecular formula is C13H14N4O3. The van der Waals surface area contributed by atoms with Crippen LogP contribution in [0.4, 0.5) is 5.69 Å². The van der Waals surface area contributed by atoms with E-state index in [1.165, 1.54) is 0 Å². The molecule has 0 aliphatic carbocycles. The maximum absolute atomic E-state index is 9.37. The highest BCUT2D eigenvalue weighted by molar-refractivity contribution is 5.93. The van der Waals surface area contributed by atoms with Gasteiger partial charge in [0.1, 0.15) is 11.6 Å². The number of fused-ring (bicyclic) bond motifs is 1. The van der Waals surface area contributed by atoms with Crippen molar-refractivity contribution in [3.05, 3.63) is 30.0 Å². The Bertz CT molecular complexity index is 641. The molecular weight excluding hydrogens is 260 g/mol. The first-order valence-corrected chi connectivity index (χ1v) is 5.96. The van der Waals surface area contributed by atoms with Gasteiger partial charge in [-0.25, -0.2) is 0 Å². The van der Waals surface area contributed by atoms with Crippen LogP contribution in [0, 0.1) is 11.3 Å². The van der Waals surface area contributed by atoms with Crippen LogP contribution in [0.1, 0.15) is 5.69 Å². The van der Waals surface area contributed by atoms with Gasteiger partial charge < -0.3 is 20.6 Å². The van der Waals surface area contributed by atoms with Gasteiger partial charge in [-0.15, -0.1) is 10.2 Å². The zero-order valence-corrected chi connectivity index (χ0v) is 10.6. The van der Waals surface area contributed by atoms with Gasteiger partial charge in [-0.1, -0.05) is 18.2 Å². The number of hydrogen-bond acceptors (Lipinski definition) is 7. The Morgan fingerprint density at radius 2 is 1.75 bits per heavy atom. The lowest BCUT2D eigenvalue weighted by molar-refractivity contribution is 0.0834. The fraction of sp³-hybridized carbons (Fsp3) is 0.308. The second-order valence-corrected chi connectivity index (χ2v) is 4.43. The Morgan fingerprint density at radius 1 is 1.10 bits per heavy atom. The minimum Gasteiger partial charge on any atom is -0.394 e. The average molecular weight is 274 g/mol. The van der Waals surface area contributed by atoms with Gasteiger partial charge in [-0.3, -0.25) is 0 Å². The number of aliphatic hydroxyl groups excluding tert-OH is 3. The summed E-state index contributed by atoms with van der Waals surface area (Å²) in [7, 11) is 0. The van der Waals surface area contributed by atoms with E-state index < -0.39 is 25.4 Å². The van der Waals surface area contributed by atoms with Crippen LogP contribution in [-0.4, -0.2) is 50.9 Å². The molecule has 0 saturated heterocycles. The molecule has 0 amide bonds. The second-order valence-electron chi connectivity index (χ2n) is 4.43. The zero-order valence-electron chi connectivity index (χ0n) is 10.6. The Balaban J connectivity index is 2.60. The van der Waals surface area contributed by atoms with E-state index in [1.807, 2.05) is 6.07 Å². The zero-order chi connectivity index (χ0) is 14.6. The molecule has 1 aromatic heterocycles. The summed E-state index contributed by atoms with van der Waals surface area (Å²) in [5.41, 5.74) is -0.410. The van der Waals surface area contributed by atoms with Crippen LogP contribution in [0.25, 0.3) is 10.9 Å². The first kappa shape index (κ1) is 14.1. The molecule has 0 saturated carbocycles. The third-order valence-electron chi connectivity index (χ3n) is 3.07. The van der Waals surface area contributed by atoms with Crippen molar-refractivity contribution in [2.24, 2.45) is 0 Å². The molecule has 0 bridgehead atoms. The first-order chi connectivity index (χ1) is 9.69. The van der Waals surface area contributed by atoms with E-state index in [-0.39, 0.29) is 5.69 Å². The van der Waals surface area contributed by atoms with Crippen molar-refractivity contribution in [1.29, 1.82) is 5.26 Å². The lowest BCUT2D eigenvalue weighted by atomic mass is 10.0. The lowest BCUT2D eigenvalue weighted by Gasteiger charge is -2.30. The summed E-state index contributed by atoms with van der Waals surface area (Å²) in [5.74, 6) is 0. The van der Waals surface area contributed by atoms with Crippen molar-refractivity contribution >= 4 is 16.6 Å². The Morgan fingerprint density at radius 3 is 2.35 bits per heavy atom. The van der Waals surface area contributed by atoms with E-state index in [4.69, 9.17) is 5.26 Å². The molecule has 0 aliphatic heterocycles. The molecule has 2 rings (SSSR count). The van der Waals surface area contributed by atoms with Crippen LogP contribution < -0.4 is 5.32 Å². The predicted molar refractivity (Wildman–Crippen MR) is 71.9 cm³/mol. The SMILES string of the molecule is N#Cc1nnc2ccccc2c1NC(CO)(CO)CO. The van der Waals surface area contributed by atoms with Crippen LogP contribution in [0.5, 0.6) is 0 Å². The minimum atomic E-state index is -1.34. The number of benzene rings is 1. The van der Waals surface area contributed by atoms with Gasteiger partial charge in [-0.05, 0) is 6.07 Å². The number of aromatic nitrogens is 2. The number of nitriles is 1. The first-order valence-electron chi connectivity index (χ1n) is 5.96. The molecule has 7 heteroatoms. The maximum Gasteiger partial charge on any atom is 0.186 e. The monoisotopic (exact) mass is 274 g/mol. The third-order valence-corrected chi connectivity index (χ3v) is 3.07. The lowest BCUT2D eigenvalue weighted by Crippen LogP contribution is -2.49. The van der Waals surface area contributed by atoms with E-state index in [0.717, 1.165) is 0 Å². The number of aliphatic hydroxyl groups is 3. The second kappa shape index (κ2) is 5.79. The average Bonchev–Trinajstić information content (AvgIpc) is 2.52. The molecule has 0 spiro atoms. The molecule has 2 aromatic rings. The molecule has 0 aliphatic rings. The van der Waals surface area contributed by atoms with Gasteiger partial charge in [0.05, 0.1) is 31.0 Å². The van der Waals surface area contributed by atoms with Crippen molar-refractivity contribution < 1.29 is 15.3 Å². The summed E-state index contributed by atoms with van der Waals surface area (Å²) in [4.78, 5) is 0. The van der Waals surface area contributed by atoms with Crippen molar-refractivity contribution in [1.82, 2.24) is 10.2 Å². The van der Waals surface area contributed by atoms with E-state index >= 15 is 0 Å². The fourth-order valence-corrected chi connectivity index (χ4v) is 1.79. The highest BCUT2D eigenvalue weighted by Gasteiger charge is 2.29. The number of anilines is 1.